The molecule has 0 saturated heterocycles. The number of carboxylic acids is 1. The number of hydrogen-bond acceptors (Lipinski definition) is 1. The molecule has 0 spiro atoms. The van der Waals surface area contributed by atoms with Gasteiger partial charge in [-0.05, 0) is 17.7 Å². The minimum atomic E-state index is -0.871. The highest BCUT2D eigenvalue weighted by molar-refractivity contribution is 5.87. The van der Waals surface area contributed by atoms with Crippen molar-refractivity contribution in [2.75, 3.05) is 0 Å². The molecule has 0 fully saturated rings. The van der Waals surface area contributed by atoms with Crippen molar-refractivity contribution in [3.63, 3.8) is 0 Å². The van der Waals surface area contributed by atoms with Crippen molar-refractivity contribution in [3.05, 3.63) is 71.7 Å². The SMILES string of the molecule is O=C(O)Cc1cn(Cc2ccccc2F)c2ccccc12. The van der Waals surface area contributed by atoms with Gasteiger partial charge in [-0.2, -0.15) is 0 Å². The molecule has 0 saturated carbocycles. The fraction of sp³-hybridized carbons (Fsp3) is 0.118. The summed E-state index contributed by atoms with van der Waals surface area (Å²) >= 11 is 0. The van der Waals surface area contributed by atoms with Crippen LogP contribution in [0.4, 0.5) is 4.39 Å². The summed E-state index contributed by atoms with van der Waals surface area (Å²) in [4.78, 5) is 11.0. The Labute approximate surface area is 121 Å². The van der Waals surface area contributed by atoms with Gasteiger partial charge in [0.1, 0.15) is 5.82 Å². The molecule has 3 nitrogen and oxygen atoms in total. The number of hydrogen-bond donors (Lipinski definition) is 1. The van der Waals surface area contributed by atoms with E-state index >= 15 is 0 Å². The molecule has 21 heavy (non-hydrogen) atoms. The highest BCUT2D eigenvalue weighted by Gasteiger charge is 2.12. The number of nitrogens with zero attached hydrogens (tertiary/aromatic N) is 1. The molecule has 1 aromatic heterocycles. The van der Waals surface area contributed by atoms with Crippen molar-refractivity contribution in [1.29, 1.82) is 0 Å². The fourth-order valence-electron chi connectivity index (χ4n) is 2.57. The molecule has 0 aliphatic carbocycles. The largest absolute Gasteiger partial charge is 0.481 e. The lowest BCUT2D eigenvalue weighted by atomic mass is 10.1. The summed E-state index contributed by atoms with van der Waals surface area (Å²) in [6.07, 6.45) is 1.76. The highest BCUT2D eigenvalue weighted by Crippen LogP contribution is 2.23. The number of fused-ring (bicyclic) bond motifs is 1. The molecule has 1 N–H and O–H groups in total. The van der Waals surface area contributed by atoms with Crippen molar-refractivity contribution in [2.45, 2.75) is 13.0 Å². The second kappa shape index (κ2) is 5.40. The van der Waals surface area contributed by atoms with E-state index in [2.05, 4.69) is 0 Å². The molecule has 3 rings (SSSR count). The van der Waals surface area contributed by atoms with E-state index in [-0.39, 0.29) is 12.2 Å². The molecular formula is C17H14FNO2. The average molecular weight is 283 g/mol. The van der Waals surface area contributed by atoms with Crippen LogP contribution in [0.25, 0.3) is 10.9 Å². The van der Waals surface area contributed by atoms with Crippen LogP contribution in [0.5, 0.6) is 0 Å². The van der Waals surface area contributed by atoms with Crippen LogP contribution >= 0.6 is 0 Å². The zero-order valence-corrected chi connectivity index (χ0v) is 11.3. The van der Waals surface area contributed by atoms with E-state index in [0.717, 1.165) is 16.5 Å². The van der Waals surface area contributed by atoms with E-state index < -0.39 is 5.97 Å². The first kappa shape index (κ1) is 13.4. The number of aliphatic carboxylic acids is 1. The van der Waals surface area contributed by atoms with E-state index in [9.17, 15) is 9.18 Å². The van der Waals surface area contributed by atoms with Gasteiger partial charge in [-0.1, -0.05) is 36.4 Å². The Morgan fingerprint density at radius 1 is 1.05 bits per heavy atom. The minimum Gasteiger partial charge on any atom is -0.481 e. The van der Waals surface area contributed by atoms with E-state index in [1.165, 1.54) is 6.07 Å². The lowest BCUT2D eigenvalue weighted by Crippen LogP contribution is -2.01. The van der Waals surface area contributed by atoms with Gasteiger partial charge >= 0.3 is 5.97 Å². The number of rotatable bonds is 4. The Morgan fingerprint density at radius 2 is 1.76 bits per heavy atom. The van der Waals surface area contributed by atoms with Crippen LogP contribution in [0.2, 0.25) is 0 Å². The summed E-state index contributed by atoms with van der Waals surface area (Å²) in [5.41, 5.74) is 2.24. The first-order valence-electron chi connectivity index (χ1n) is 6.67. The Bertz CT molecular complexity index is 807. The van der Waals surface area contributed by atoms with Crippen LogP contribution < -0.4 is 0 Å². The van der Waals surface area contributed by atoms with Crippen LogP contribution in [0.1, 0.15) is 11.1 Å². The summed E-state index contributed by atoms with van der Waals surface area (Å²) in [5.74, 6) is -1.13. The van der Waals surface area contributed by atoms with Gasteiger partial charge in [0, 0.05) is 22.7 Å². The Balaban J connectivity index is 2.06. The number of carboxylic acid groups (broad SMARTS) is 1. The average Bonchev–Trinajstić information content (AvgIpc) is 2.79. The molecule has 0 amide bonds. The quantitative estimate of drug-likeness (QED) is 0.796. The van der Waals surface area contributed by atoms with E-state index in [4.69, 9.17) is 5.11 Å². The van der Waals surface area contributed by atoms with Crippen LogP contribution in [-0.4, -0.2) is 15.6 Å². The summed E-state index contributed by atoms with van der Waals surface area (Å²) < 4.78 is 15.7. The molecule has 0 radical (unpaired) electrons. The number of halogens is 1. The molecule has 0 aliphatic heterocycles. The third kappa shape index (κ3) is 2.65. The number of aromatic nitrogens is 1. The third-order valence-electron chi connectivity index (χ3n) is 3.51. The summed E-state index contributed by atoms with van der Waals surface area (Å²) in [6.45, 7) is 0.382. The lowest BCUT2D eigenvalue weighted by molar-refractivity contribution is -0.136. The number of carbonyl (C=O) groups is 1. The fourth-order valence-corrected chi connectivity index (χ4v) is 2.57. The summed E-state index contributed by atoms with van der Waals surface area (Å²) in [7, 11) is 0. The molecule has 4 heteroatoms. The predicted molar refractivity (Wildman–Crippen MR) is 78.8 cm³/mol. The van der Waals surface area contributed by atoms with Crippen LogP contribution in [0.3, 0.4) is 0 Å². The molecule has 0 aliphatic rings. The van der Waals surface area contributed by atoms with Gasteiger partial charge in [0.25, 0.3) is 0 Å². The second-order valence-corrected chi connectivity index (χ2v) is 4.96. The first-order valence-corrected chi connectivity index (χ1v) is 6.67. The number of benzene rings is 2. The standard InChI is InChI=1S/C17H14FNO2/c18-15-7-3-1-5-12(15)10-19-11-13(9-17(20)21)14-6-2-4-8-16(14)19/h1-8,11H,9-10H2,(H,20,21). The van der Waals surface area contributed by atoms with E-state index in [0.29, 0.717) is 12.1 Å². The molecule has 0 atom stereocenters. The van der Waals surface area contributed by atoms with Gasteiger partial charge in [0.05, 0.1) is 13.0 Å². The van der Waals surface area contributed by atoms with Gasteiger partial charge in [-0.15, -0.1) is 0 Å². The maximum atomic E-state index is 13.8. The Morgan fingerprint density at radius 3 is 2.52 bits per heavy atom. The molecular weight excluding hydrogens is 269 g/mol. The number of para-hydroxylation sites is 1. The smallest absolute Gasteiger partial charge is 0.307 e. The van der Waals surface area contributed by atoms with E-state index in [1.807, 2.05) is 28.8 Å². The van der Waals surface area contributed by atoms with Crippen LogP contribution in [0.15, 0.2) is 54.7 Å². The van der Waals surface area contributed by atoms with E-state index in [1.54, 1.807) is 24.4 Å². The lowest BCUT2D eigenvalue weighted by Gasteiger charge is -2.06. The van der Waals surface area contributed by atoms with Crippen molar-refractivity contribution >= 4 is 16.9 Å². The molecule has 0 unspecified atom stereocenters. The first-order chi connectivity index (χ1) is 10.1. The van der Waals surface area contributed by atoms with Gasteiger partial charge < -0.3 is 9.67 Å². The zero-order chi connectivity index (χ0) is 14.8. The maximum absolute atomic E-state index is 13.8. The molecule has 106 valence electrons. The Hall–Kier alpha value is -2.62. The predicted octanol–water partition coefficient (Wildman–Crippen LogP) is 3.46. The van der Waals surface area contributed by atoms with Gasteiger partial charge in [0.15, 0.2) is 0 Å². The van der Waals surface area contributed by atoms with Gasteiger partial charge in [0.2, 0.25) is 0 Å². The van der Waals surface area contributed by atoms with Gasteiger partial charge in [-0.3, -0.25) is 4.79 Å². The second-order valence-electron chi connectivity index (χ2n) is 4.96. The molecule has 0 bridgehead atoms. The normalized spacial score (nSPS) is 10.9. The summed E-state index contributed by atoms with van der Waals surface area (Å²) in [5, 5.41) is 9.90. The van der Waals surface area contributed by atoms with Crippen molar-refractivity contribution < 1.29 is 14.3 Å². The van der Waals surface area contributed by atoms with Crippen molar-refractivity contribution in [3.8, 4) is 0 Å². The molecule has 3 aromatic rings. The van der Waals surface area contributed by atoms with Crippen LogP contribution in [0, 0.1) is 5.82 Å². The highest BCUT2D eigenvalue weighted by atomic mass is 19.1. The van der Waals surface area contributed by atoms with Crippen LogP contribution in [-0.2, 0) is 17.8 Å². The Kier molecular flexibility index (Phi) is 3.44. The van der Waals surface area contributed by atoms with Crippen molar-refractivity contribution in [1.82, 2.24) is 4.57 Å². The molecule has 1 heterocycles. The monoisotopic (exact) mass is 283 g/mol. The maximum Gasteiger partial charge on any atom is 0.307 e. The third-order valence-corrected chi connectivity index (χ3v) is 3.51. The van der Waals surface area contributed by atoms with Gasteiger partial charge in [-0.25, -0.2) is 4.39 Å². The zero-order valence-electron chi connectivity index (χ0n) is 11.3. The molecule has 2 aromatic carbocycles. The summed E-state index contributed by atoms with van der Waals surface area (Å²) in [6, 6.07) is 14.2. The topological polar surface area (TPSA) is 42.2 Å². The minimum absolute atomic E-state index is 0.0369. The van der Waals surface area contributed by atoms with Crippen molar-refractivity contribution in [2.24, 2.45) is 0 Å².